The van der Waals surface area contributed by atoms with Crippen molar-refractivity contribution in [3.8, 4) is 5.75 Å². The number of phenolic OH excluding ortho intramolecular Hbond substituents is 1. The minimum Gasteiger partial charge on any atom is -0.507 e. The predicted molar refractivity (Wildman–Crippen MR) is 92.7 cm³/mol. The summed E-state index contributed by atoms with van der Waals surface area (Å²) in [5.41, 5.74) is 1.64. The first kappa shape index (κ1) is 18.2. The quantitative estimate of drug-likeness (QED) is 0.485. The van der Waals surface area contributed by atoms with Gasteiger partial charge < -0.3 is 5.11 Å². The van der Waals surface area contributed by atoms with Crippen LogP contribution in [-0.2, 0) is 6.42 Å². The van der Waals surface area contributed by atoms with E-state index in [1.807, 2.05) is 26.8 Å². The number of Topliss-reactive ketones (excluding diaryl/α,β-unsaturated/α-hetero) is 1. The zero-order valence-corrected chi connectivity index (χ0v) is 15.5. The molecule has 0 bridgehead atoms. The first-order valence-corrected chi connectivity index (χ1v) is 10.5. The zero-order chi connectivity index (χ0) is 16.2. The molecule has 21 heavy (non-hydrogen) atoms. The molecule has 1 rings (SSSR count). The lowest BCUT2D eigenvalue weighted by molar-refractivity contribution is 0.0938. The van der Waals surface area contributed by atoms with Crippen molar-refractivity contribution < 1.29 is 9.90 Å². The fraction of sp³-hybridized carbons (Fsp3) is 0.588. The van der Waals surface area contributed by atoms with Crippen LogP contribution in [0.1, 0.15) is 49.5 Å². The highest BCUT2D eigenvalue weighted by Crippen LogP contribution is 2.26. The van der Waals surface area contributed by atoms with Crippen LogP contribution in [0.5, 0.6) is 5.75 Å². The summed E-state index contributed by atoms with van der Waals surface area (Å²) in [5.74, 6) is 0.787. The molecule has 0 saturated carbocycles. The summed E-state index contributed by atoms with van der Waals surface area (Å²) in [6.45, 7) is 10.5. The third kappa shape index (κ3) is 5.15. The van der Waals surface area contributed by atoms with Gasteiger partial charge in [-0.1, -0.05) is 39.9 Å². The van der Waals surface area contributed by atoms with Crippen LogP contribution in [0.4, 0.5) is 0 Å². The van der Waals surface area contributed by atoms with Gasteiger partial charge in [-0.2, -0.15) is 0 Å². The molecule has 1 N–H and O–H groups in total. The van der Waals surface area contributed by atoms with Crippen LogP contribution in [0.2, 0.25) is 13.1 Å². The number of halogens is 1. The molecule has 0 spiro atoms. The lowest BCUT2D eigenvalue weighted by atomic mass is 9.87. The Kier molecular flexibility index (Phi) is 6.48. The van der Waals surface area contributed by atoms with E-state index in [4.69, 9.17) is 11.6 Å². The van der Waals surface area contributed by atoms with Gasteiger partial charge in [0.15, 0.2) is 5.78 Å². The predicted octanol–water partition coefficient (Wildman–Crippen LogP) is 4.14. The van der Waals surface area contributed by atoms with Gasteiger partial charge in [-0.15, -0.1) is 11.6 Å². The van der Waals surface area contributed by atoms with Crippen LogP contribution in [-0.4, -0.2) is 25.6 Å². The molecule has 0 aliphatic carbocycles. The number of carbonyl (C=O) groups excluding carboxylic acids is 1. The molecular weight excluding hydrogens is 300 g/mol. The summed E-state index contributed by atoms with van der Waals surface area (Å²) < 4.78 is 0. The number of rotatable bonds is 6. The van der Waals surface area contributed by atoms with E-state index in [2.05, 4.69) is 13.1 Å². The molecule has 0 aromatic heterocycles. The Morgan fingerprint density at radius 2 is 1.90 bits per heavy atom. The summed E-state index contributed by atoms with van der Waals surface area (Å²) in [7, 11) is -0.847. The molecular formula is C17H26ClO2Si. The fourth-order valence-electron chi connectivity index (χ4n) is 2.52. The second kappa shape index (κ2) is 7.46. The Balaban J connectivity index is 3.31. The van der Waals surface area contributed by atoms with Crippen LogP contribution in [0.25, 0.3) is 0 Å². The van der Waals surface area contributed by atoms with E-state index < -0.39 is 8.80 Å². The van der Waals surface area contributed by atoms with Crippen molar-refractivity contribution in [1.82, 2.24) is 0 Å². The van der Waals surface area contributed by atoms with Crippen molar-refractivity contribution in [3.63, 3.8) is 0 Å². The van der Waals surface area contributed by atoms with Crippen LogP contribution in [0.15, 0.2) is 12.1 Å². The van der Waals surface area contributed by atoms with Crippen molar-refractivity contribution in [1.29, 1.82) is 0 Å². The average Bonchev–Trinajstić information content (AvgIpc) is 2.34. The lowest BCUT2D eigenvalue weighted by Crippen LogP contribution is -2.34. The van der Waals surface area contributed by atoms with E-state index in [1.54, 1.807) is 6.07 Å². The molecule has 0 unspecified atom stereocenters. The molecule has 0 amide bonds. The van der Waals surface area contributed by atoms with E-state index in [-0.39, 0.29) is 16.9 Å². The number of benzene rings is 1. The van der Waals surface area contributed by atoms with Gasteiger partial charge in [-0.25, -0.2) is 0 Å². The van der Waals surface area contributed by atoms with E-state index in [1.165, 1.54) is 5.56 Å². The number of hydrogen-bond donors (Lipinski definition) is 1. The van der Waals surface area contributed by atoms with Gasteiger partial charge in [0.1, 0.15) is 5.75 Å². The fourth-order valence-corrected chi connectivity index (χ4v) is 4.28. The number of phenols is 1. The third-order valence-electron chi connectivity index (χ3n) is 3.32. The van der Waals surface area contributed by atoms with E-state index in [0.29, 0.717) is 17.9 Å². The van der Waals surface area contributed by atoms with Gasteiger partial charge in [0.05, 0.1) is 14.4 Å². The molecule has 0 fully saturated rings. The number of alkyl halides is 1. The smallest absolute Gasteiger partial charge is 0.166 e. The van der Waals surface area contributed by atoms with Gasteiger partial charge in [0.2, 0.25) is 0 Å². The Labute approximate surface area is 135 Å². The number of aromatic hydroxyl groups is 1. The van der Waals surface area contributed by atoms with Gasteiger partial charge in [0, 0.05) is 12.3 Å². The normalized spacial score (nSPS) is 12.0. The minimum absolute atomic E-state index is 0.0499. The SMILES string of the molecule is C[Si](C)c1c(CCCCl)ccc(O)c1C(=O)CC(C)(C)C. The molecule has 0 aliphatic heterocycles. The Morgan fingerprint density at radius 3 is 2.38 bits per heavy atom. The minimum atomic E-state index is -0.847. The molecule has 1 aromatic rings. The summed E-state index contributed by atoms with van der Waals surface area (Å²) in [4.78, 5) is 12.7. The summed E-state index contributed by atoms with van der Waals surface area (Å²) in [5, 5.41) is 11.3. The summed E-state index contributed by atoms with van der Waals surface area (Å²) in [6, 6.07) is 3.61. The van der Waals surface area contributed by atoms with Gasteiger partial charge in [0.25, 0.3) is 0 Å². The van der Waals surface area contributed by atoms with Crippen molar-refractivity contribution >= 4 is 31.4 Å². The second-order valence-corrected chi connectivity index (χ2v) is 9.82. The third-order valence-corrected chi connectivity index (χ3v) is 5.16. The maximum atomic E-state index is 12.7. The van der Waals surface area contributed by atoms with Crippen LogP contribution in [0.3, 0.4) is 0 Å². The highest BCUT2D eigenvalue weighted by atomic mass is 35.5. The molecule has 0 aliphatic rings. The molecule has 2 nitrogen and oxygen atoms in total. The first-order chi connectivity index (χ1) is 9.67. The molecule has 1 aromatic carbocycles. The molecule has 4 heteroatoms. The first-order valence-electron chi connectivity index (χ1n) is 7.42. The number of hydrogen-bond acceptors (Lipinski definition) is 2. The highest BCUT2D eigenvalue weighted by molar-refractivity contribution is 6.72. The van der Waals surface area contributed by atoms with Crippen molar-refractivity contribution in [2.24, 2.45) is 5.41 Å². The van der Waals surface area contributed by atoms with Crippen LogP contribution < -0.4 is 5.19 Å². The Hall–Kier alpha value is -0.803. The van der Waals surface area contributed by atoms with Crippen LogP contribution >= 0.6 is 11.6 Å². The van der Waals surface area contributed by atoms with Crippen molar-refractivity contribution in [3.05, 3.63) is 23.3 Å². The molecule has 1 radical (unpaired) electrons. The van der Waals surface area contributed by atoms with Crippen molar-refractivity contribution in [2.75, 3.05) is 5.88 Å². The zero-order valence-electron chi connectivity index (χ0n) is 13.7. The van der Waals surface area contributed by atoms with Gasteiger partial charge in [-0.3, -0.25) is 4.79 Å². The van der Waals surface area contributed by atoms with Gasteiger partial charge in [-0.05, 0) is 35.1 Å². The van der Waals surface area contributed by atoms with E-state index in [0.717, 1.165) is 18.0 Å². The maximum absolute atomic E-state index is 12.7. The number of aryl methyl sites for hydroxylation is 1. The van der Waals surface area contributed by atoms with Crippen molar-refractivity contribution in [2.45, 2.75) is 53.1 Å². The van der Waals surface area contributed by atoms with E-state index in [9.17, 15) is 9.90 Å². The Bertz CT molecular complexity index is 504. The summed E-state index contributed by atoms with van der Waals surface area (Å²) >= 11 is 5.80. The Morgan fingerprint density at radius 1 is 1.29 bits per heavy atom. The maximum Gasteiger partial charge on any atom is 0.166 e. The molecule has 0 saturated heterocycles. The average molecular weight is 326 g/mol. The number of ketones is 1. The van der Waals surface area contributed by atoms with E-state index >= 15 is 0 Å². The largest absolute Gasteiger partial charge is 0.507 e. The second-order valence-electron chi connectivity index (χ2n) is 6.95. The topological polar surface area (TPSA) is 37.3 Å². The highest BCUT2D eigenvalue weighted by Gasteiger charge is 2.25. The van der Waals surface area contributed by atoms with Crippen LogP contribution in [0, 0.1) is 5.41 Å². The summed E-state index contributed by atoms with van der Waals surface area (Å²) in [6.07, 6.45) is 2.20. The monoisotopic (exact) mass is 325 g/mol. The molecule has 0 atom stereocenters. The molecule has 0 heterocycles. The standard InChI is InChI=1S/C17H26ClO2Si/c1-17(2,3)11-14(20)15-13(19)9-8-12(7-6-10-18)16(15)21(4)5/h8-9,19H,6-7,10-11H2,1-5H3. The number of carbonyl (C=O) groups is 1. The lowest BCUT2D eigenvalue weighted by Gasteiger charge is -2.21. The van der Waals surface area contributed by atoms with Gasteiger partial charge >= 0.3 is 0 Å². The molecule has 117 valence electrons.